The normalized spacial score (nSPS) is 15.8. The Morgan fingerprint density at radius 2 is 1.52 bits per heavy atom. The Bertz CT molecular complexity index is 1010. The molecule has 0 aliphatic carbocycles. The van der Waals surface area contributed by atoms with E-state index < -0.39 is 5.97 Å². The van der Waals surface area contributed by atoms with Gasteiger partial charge in [-0.15, -0.1) is 11.3 Å². The number of carbonyl (C=O) groups is 1. The molecule has 3 aromatic rings. The zero-order chi connectivity index (χ0) is 23.4. The van der Waals surface area contributed by atoms with E-state index in [1.807, 2.05) is 48.5 Å². The number of aromatic nitrogens is 1. The summed E-state index contributed by atoms with van der Waals surface area (Å²) in [6, 6.07) is 15.5. The molecule has 1 saturated heterocycles. The van der Waals surface area contributed by atoms with Crippen LogP contribution in [0.2, 0.25) is 0 Å². The summed E-state index contributed by atoms with van der Waals surface area (Å²) >= 11 is 1.57. The third kappa shape index (κ3) is 5.35. The highest BCUT2D eigenvalue weighted by atomic mass is 32.1. The van der Waals surface area contributed by atoms with Gasteiger partial charge in [-0.2, -0.15) is 0 Å². The number of nitrogens with zero attached hydrogens (tertiary/aromatic N) is 3. The highest BCUT2D eigenvalue weighted by Gasteiger charge is 2.30. The van der Waals surface area contributed by atoms with Crippen molar-refractivity contribution in [2.75, 3.05) is 47.4 Å². The molecule has 33 heavy (non-hydrogen) atoms. The van der Waals surface area contributed by atoms with Crippen molar-refractivity contribution in [1.82, 2.24) is 14.8 Å². The van der Waals surface area contributed by atoms with Gasteiger partial charge in [0.2, 0.25) is 0 Å². The number of thiazole rings is 1. The lowest BCUT2D eigenvalue weighted by Gasteiger charge is -2.36. The van der Waals surface area contributed by atoms with E-state index in [-0.39, 0.29) is 12.5 Å². The fourth-order valence-corrected chi connectivity index (χ4v) is 5.26. The molecule has 1 aliphatic heterocycles. The fourth-order valence-electron chi connectivity index (χ4n) is 4.03. The molecule has 4 rings (SSSR count). The standard InChI is InChI=1S/C25H29N3O4S/c1-27-12-14-28(15-13-27)21(16-22(29)30)25-26-23(17-4-8-19(31-2)9-5-17)24(33-25)18-6-10-20(32-3)11-7-18/h4-11,21H,12-16H2,1-3H3,(H,29,30). The van der Waals surface area contributed by atoms with Gasteiger partial charge in [-0.05, 0) is 61.1 Å². The smallest absolute Gasteiger partial charge is 0.305 e. The summed E-state index contributed by atoms with van der Waals surface area (Å²) in [4.78, 5) is 22.3. The molecule has 0 spiro atoms. The molecule has 174 valence electrons. The summed E-state index contributed by atoms with van der Waals surface area (Å²) in [6.07, 6.45) is 0.0291. The predicted octanol–water partition coefficient (Wildman–Crippen LogP) is 4.26. The van der Waals surface area contributed by atoms with Crippen LogP contribution in [0, 0.1) is 0 Å². The van der Waals surface area contributed by atoms with Crippen molar-refractivity contribution in [2.24, 2.45) is 0 Å². The average Bonchev–Trinajstić information content (AvgIpc) is 3.28. The van der Waals surface area contributed by atoms with Crippen LogP contribution < -0.4 is 9.47 Å². The van der Waals surface area contributed by atoms with Gasteiger partial charge in [-0.1, -0.05) is 0 Å². The summed E-state index contributed by atoms with van der Waals surface area (Å²) in [5, 5.41) is 10.5. The van der Waals surface area contributed by atoms with E-state index in [2.05, 4.69) is 16.8 Å². The number of rotatable bonds is 8. The number of carboxylic acids is 1. The number of benzene rings is 2. The minimum Gasteiger partial charge on any atom is -0.497 e. The van der Waals surface area contributed by atoms with Crippen molar-refractivity contribution in [3.8, 4) is 33.2 Å². The Hall–Kier alpha value is -2.94. The molecule has 7 nitrogen and oxygen atoms in total. The molecule has 1 unspecified atom stereocenters. The molecule has 8 heteroatoms. The van der Waals surface area contributed by atoms with Crippen molar-refractivity contribution in [3.63, 3.8) is 0 Å². The van der Waals surface area contributed by atoms with E-state index in [4.69, 9.17) is 14.5 Å². The Balaban J connectivity index is 1.78. The Morgan fingerprint density at radius 3 is 2.03 bits per heavy atom. The maximum atomic E-state index is 11.8. The number of aliphatic carboxylic acids is 1. The molecule has 1 N–H and O–H groups in total. The van der Waals surface area contributed by atoms with Gasteiger partial charge in [0.25, 0.3) is 0 Å². The second kappa shape index (κ2) is 10.3. The van der Waals surface area contributed by atoms with Crippen LogP contribution in [0.15, 0.2) is 48.5 Å². The van der Waals surface area contributed by atoms with Gasteiger partial charge < -0.3 is 19.5 Å². The number of methoxy groups -OCH3 is 2. The molecule has 2 heterocycles. The summed E-state index contributed by atoms with van der Waals surface area (Å²) in [6.45, 7) is 3.48. The van der Waals surface area contributed by atoms with Crippen LogP contribution in [0.4, 0.5) is 0 Å². The van der Waals surface area contributed by atoms with Crippen LogP contribution in [0.1, 0.15) is 17.5 Å². The summed E-state index contributed by atoms with van der Waals surface area (Å²) in [7, 11) is 5.39. The molecule has 0 amide bonds. The van der Waals surface area contributed by atoms with Gasteiger partial charge in [0.05, 0.1) is 37.3 Å². The molecular weight excluding hydrogens is 438 g/mol. The number of hydrogen-bond acceptors (Lipinski definition) is 7. The third-order valence-electron chi connectivity index (χ3n) is 5.99. The van der Waals surface area contributed by atoms with Crippen molar-refractivity contribution in [3.05, 3.63) is 53.5 Å². The van der Waals surface area contributed by atoms with Crippen LogP contribution in [-0.4, -0.2) is 73.3 Å². The van der Waals surface area contributed by atoms with Crippen molar-refractivity contribution < 1.29 is 19.4 Å². The molecule has 1 aromatic heterocycles. The van der Waals surface area contributed by atoms with Gasteiger partial charge in [0, 0.05) is 31.7 Å². The quantitative estimate of drug-likeness (QED) is 0.531. The van der Waals surface area contributed by atoms with Crippen LogP contribution in [-0.2, 0) is 4.79 Å². The predicted molar refractivity (Wildman–Crippen MR) is 130 cm³/mol. The maximum absolute atomic E-state index is 11.8. The number of likely N-dealkylation sites (N-methyl/N-ethyl adjacent to an activating group) is 1. The third-order valence-corrected chi connectivity index (χ3v) is 7.20. The molecular formula is C25H29N3O4S. The van der Waals surface area contributed by atoms with Crippen LogP contribution >= 0.6 is 11.3 Å². The second-order valence-corrected chi connectivity index (χ2v) is 9.17. The Morgan fingerprint density at radius 1 is 0.970 bits per heavy atom. The molecule has 1 fully saturated rings. The van der Waals surface area contributed by atoms with E-state index >= 15 is 0 Å². The van der Waals surface area contributed by atoms with Gasteiger partial charge in [0.1, 0.15) is 16.5 Å². The largest absolute Gasteiger partial charge is 0.497 e. The van der Waals surface area contributed by atoms with Crippen molar-refractivity contribution in [1.29, 1.82) is 0 Å². The molecule has 0 bridgehead atoms. The highest BCUT2D eigenvalue weighted by molar-refractivity contribution is 7.15. The van der Waals surface area contributed by atoms with Gasteiger partial charge in [0.15, 0.2) is 0 Å². The van der Waals surface area contributed by atoms with Crippen molar-refractivity contribution in [2.45, 2.75) is 12.5 Å². The lowest BCUT2D eigenvalue weighted by Crippen LogP contribution is -2.46. The Kier molecular flexibility index (Phi) is 7.27. The van der Waals surface area contributed by atoms with E-state index in [0.29, 0.717) is 0 Å². The number of carboxylic acid groups (broad SMARTS) is 1. The first-order valence-corrected chi connectivity index (χ1v) is 11.7. The first-order chi connectivity index (χ1) is 16.0. The molecule has 2 aromatic carbocycles. The summed E-state index contributed by atoms with van der Waals surface area (Å²) in [5.41, 5.74) is 2.85. The SMILES string of the molecule is COc1ccc(-c2nc(C(CC(=O)O)N3CCN(C)CC3)sc2-c2ccc(OC)cc2)cc1. The summed E-state index contributed by atoms with van der Waals surface area (Å²) < 4.78 is 10.6. The number of hydrogen-bond donors (Lipinski definition) is 1. The summed E-state index contributed by atoms with van der Waals surface area (Å²) in [5.74, 6) is 0.753. The first kappa shape index (κ1) is 23.2. The van der Waals surface area contributed by atoms with Gasteiger partial charge >= 0.3 is 5.97 Å². The minimum absolute atomic E-state index is 0.0291. The van der Waals surface area contributed by atoms with Crippen LogP contribution in [0.25, 0.3) is 21.7 Å². The van der Waals surface area contributed by atoms with Gasteiger partial charge in [-0.3, -0.25) is 9.69 Å². The lowest BCUT2D eigenvalue weighted by atomic mass is 10.1. The Labute approximate surface area is 198 Å². The monoisotopic (exact) mass is 467 g/mol. The van der Waals surface area contributed by atoms with E-state index in [1.54, 1.807) is 25.6 Å². The fraction of sp³-hybridized carbons (Fsp3) is 0.360. The van der Waals surface area contributed by atoms with E-state index in [1.165, 1.54) is 0 Å². The topological polar surface area (TPSA) is 75.1 Å². The van der Waals surface area contributed by atoms with E-state index in [9.17, 15) is 9.90 Å². The minimum atomic E-state index is -0.814. The number of piperazine rings is 1. The molecule has 1 atom stereocenters. The first-order valence-electron chi connectivity index (χ1n) is 10.9. The number of ether oxygens (including phenoxy) is 2. The second-order valence-electron chi connectivity index (χ2n) is 8.14. The molecule has 0 radical (unpaired) electrons. The van der Waals surface area contributed by atoms with Gasteiger partial charge in [-0.25, -0.2) is 4.98 Å². The van der Waals surface area contributed by atoms with E-state index in [0.717, 1.165) is 64.4 Å². The average molecular weight is 468 g/mol. The lowest BCUT2D eigenvalue weighted by molar-refractivity contribution is -0.138. The van der Waals surface area contributed by atoms with Crippen LogP contribution in [0.3, 0.4) is 0 Å². The maximum Gasteiger partial charge on any atom is 0.305 e. The molecule has 0 saturated carbocycles. The zero-order valence-corrected chi connectivity index (χ0v) is 20.0. The van der Waals surface area contributed by atoms with Crippen LogP contribution in [0.5, 0.6) is 11.5 Å². The highest BCUT2D eigenvalue weighted by Crippen LogP contribution is 2.41. The van der Waals surface area contributed by atoms with Crippen molar-refractivity contribution >= 4 is 17.3 Å². The molecule has 1 aliphatic rings. The zero-order valence-electron chi connectivity index (χ0n) is 19.2.